The number of hydrogen-bond acceptors (Lipinski definition) is 4. The number of nitrogen functional groups attached to an aromatic ring is 1. The summed E-state index contributed by atoms with van der Waals surface area (Å²) in [7, 11) is -3.46. The van der Waals surface area contributed by atoms with E-state index in [1.165, 1.54) is 6.07 Å². The van der Waals surface area contributed by atoms with E-state index < -0.39 is 15.9 Å². The Kier molecular flexibility index (Phi) is 4.13. The van der Waals surface area contributed by atoms with Crippen LogP contribution in [0.15, 0.2) is 48.5 Å². The molecule has 2 rings (SSSR count). The van der Waals surface area contributed by atoms with E-state index in [0.717, 1.165) is 6.26 Å². The Bertz CT molecular complexity index is 755. The Morgan fingerprint density at radius 2 is 1.67 bits per heavy atom. The van der Waals surface area contributed by atoms with Crippen LogP contribution in [0.3, 0.4) is 0 Å². The van der Waals surface area contributed by atoms with Crippen LogP contribution in [0.2, 0.25) is 0 Å². The van der Waals surface area contributed by atoms with E-state index in [2.05, 4.69) is 10.0 Å². The van der Waals surface area contributed by atoms with Gasteiger partial charge in [-0.3, -0.25) is 9.52 Å². The average Bonchev–Trinajstić information content (AvgIpc) is 2.40. The van der Waals surface area contributed by atoms with Gasteiger partial charge >= 0.3 is 0 Å². The van der Waals surface area contributed by atoms with Gasteiger partial charge in [-0.25, -0.2) is 8.42 Å². The lowest BCUT2D eigenvalue weighted by Gasteiger charge is -2.11. The van der Waals surface area contributed by atoms with Crippen molar-refractivity contribution in [3.63, 3.8) is 0 Å². The van der Waals surface area contributed by atoms with Gasteiger partial charge in [0.2, 0.25) is 10.0 Å². The van der Waals surface area contributed by atoms with Crippen molar-refractivity contribution >= 4 is 33.0 Å². The molecule has 0 aromatic heterocycles. The van der Waals surface area contributed by atoms with Gasteiger partial charge in [0, 0.05) is 11.4 Å². The molecule has 0 radical (unpaired) electrons. The van der Waals surface area contributed by atoms with Crippen LogP contribution in [-0.4, -0.2) is 20.6 Å². The van der Waals surface area contributed by atoms with Crippen LogP contribution in [0.1, 0.15) is 10.4 Å². The number of rotatable bonds is 4. The smallest absolute Gasteiger partial charge is 0.257 e. The van der Waals surface area contributed by atoms with Gasteiger partial charge < -0.3 is 11.1 Å². The Morgan fingerprint density at radius 3 is 2.29 bits per heavy atom. The fourth-order valence-corrected chi connectivity index (χ4v) is 2.31. The molecule has 110 valence electrons. The molecular formula is C14H15N3O3S. The SMILES string of the molecule is CS(=O)(=O)Nc1ccccc1C(=O)Nc1ccc(N)cc1. The van der Waals surface area contributed by atoms with Crippen LogP contribution in [0.5, 0.6) is 0 Å². The highest BCUT2D eigenvalue weighted by atomic mass is 32.2. The number of hydrogen-bond donors (Lipinski definition) is 3. The summed E-state index contributed by atoms with van der Waals surface area (Å²) >= 11 is 0. The highest BCUT2D eigenvalue weighted by Gasteiger charge is 2.13. The average molecular weight is 305 g/mol. The van der Waals surface area contributed by atoms with Gasteiger partial charge in [-0.1, -0.05) is 12.1 Å². The standard InChI is InChI=1S/C14H15N3O3S/c1-21(19,20)17-13-5-3-2-4-12(13)14(18)16-11-8-6-10(15)7-9-11/h2-9,17H,15H2,1H3,(H,16,18). The number of sulfonamides is 1. The third kappa shape index (κ3) is 4.22. The highest BCUT2D eigenvalue weighted by Crippen LogP contribution is 2.19. The van der Waals surface area contributed by atoms with Crippen molar-refractivity contribution in [2.45, 2.75) is 0 Å². The summed E-state index contributed by atoms with van der Waals surface area (Å²) in [6, 6.07) is 13.0. The number of benzene rings is 2. The Morgan fingerprint density at radius 1 is 1.05 bits per heavy atom. The maximum Gasteiger partial charge on any atom is 0.257 e. The molecule has 2 aromatic rings. The van der Waals surface area contributed by atoms with Gasteiger partial charge in [0.1, 0.15) is 0 Å². The summed E-state index contributed by atoms with van der Waals surface area (Å²) in [5.74, 6) is -0.411. The minimum Gasteiger partial charge on any atom is -0.399 e. The molecule has 0 heterocycles. The predicted molar refractivity (Wildman–Crippen MR) is 83.7 cm³/mol. The van der Waals surface area contributed by atoms with Crippen molar-refractivity contribution in [1.29, 1.82) is 0 Å². The molecule has 6 nitrogen and oxygen atoms in total. The summed E-state index contributed by atoms with van der Waals surface area (Å²) in [5.41, 5.74) is 7.20. The highest BCUT2D eigenvalue weighted by molar-refractivity contribution is 7.92. The Labute approximate surface area is 123 Å². The molecule has 0 aliphatic rings. The van der Waals surface area contributed by atoms with E-state index in [-0.39, 0.29) is 11.3 Å². The second kappa shape index (κ2) is 5.84. The number of carbonyl (C=O) groups is 1. The van der Waals surface area contributed by atoms with Crippen LogP contribution in [0, 0.1) is 0 Å². The summed E-state index contributed by atoms with van der Waals surface area (Å²) in [6.07, 6.45) is 1.03. The van der Waals surface area contributed by atoms with Crippen molar-refractivity contribution in [2.24, 2.45) is 0 Å². The summed E-state index contributed by atoms with van der Waals surface area (Å²) in [4.78, 5) is 12.2. The summed E-state index contributed by atoms with van der Waals surface area (Å²) in [5, 5.41) is 2.68. The van der Waals surface area contributed by atoms with Gasteiger partial charge in [0.05, 0.1) is 17.5 Å². The summed E-state index contributed by atoms with van der Waals surface area (Å²) < 4.78 is 24.9. The zero-order valence-electron chi connectivity index (χ0n) is 11.3. The van der Waals surface area contributed by atoms with Crippen molar-refractivity contribution in [3.8, 4) is 0 Å². The topological polar surface area (TPSA) is 101 Å². The van der Waals surface area contributed by atoms with E-state index >= 15 is 0 Å². The molecule has 0 aliphatic carbocycles. The van der Waals surface area contributed by atoms with Gasteiger partial charge in [-0.2, -0.15) is 0 Å². The largest absolute Gasteiger partial charge is 0.399 e. The molecule has 0 atom stereocenters. The number of para-hydroxylation sites is 1. The van der Waals surface area contributed by atoms with Gasteiger partial charge in [0.25, 0.3) is 5.91 Å². The van der Waals surface area contributed by atoms with Gasteiger partial charge in [-0.05, 0) is 36.4 Å². The second-order valence-corrected chi connectivity index (χ2v) is 6.24. The molecule has 2 aromatic carbocycles. The Balaban J connectivity index is 2.25. The third-order valence-corrected chi connectivity index (χ3v) is 3.23. The molecule has 0 spiro atoms. The van der Waals surface area contributed by atoms with E-state index in [4.69, 9.17) is 5.73 Å². The van der Waals surface area contributed by atoms with Crippen LogP contribution in [0.25, 0.3) is 0 Å². The van der Waals surface area contributed by atoms with Gasteiger partial charge in [-0.15, -0.1) is 0 Å². The summed E-state index contributed by atoms with van der Waals surface area (Å²) in [6.45, 7) is 0. The quantitative estimate of drug-likeness (QED) is 0.751. The molecular weight excluding hydrogens is 290 g/mol. The molecule has 1 amide bonds. The fourth-order valence-electron chi connectivity index (χ4n) is 1.73. The number of anilines is 3. The lowest BCUT2D eigenvalue weighted by molar-refractivity contribution is 0.102. The number of nitrogens with two attached hydrogens (primary N) is 1. The molecule has 0 fully saturated rings. The molecule has 0 aliphatic heterocycles. The van der Waals surface area contributed by atoms with Crippen molar-refractivity contribution in [2.75, 3.05) is 22.0 Å². The maximum absolute atomic E-state index is 12.2. The third-order valence-electron chi connectivity index (χ3n) is 2.64. The van der Waals surface area contributed by atoms with Crippen LogP contribution in [-0.2, 0) is 10.0 Å². The first-order valence-electron chi connectivity index (χ1n) is 6.09. The number of carbonyl (C=O) groups excluding carboxylic acids is 1. The number of nitrogens with one attached hydrogen (secondary N) is 2. The fraction of sp³-hybridized carbons (Fsp3) is 0.0714. The molecule has 0 saturated carbocycles. The first kappa shape index (κ1) is 14.9. The van der Waals surface area contributed by atoms with E-state index in [9.17, 15) is 13.2 Å². The van der Waals surface area contributed by atoms with E-state index in [1.807, 2.05) is 0 Å². The lowest BCUT2D eigenvalue weighted by Crippen LogP contribution is -2.17. The first-order chi connectivity index (χ1) is 9.85. The van der Waals surface area contributed by atoms with Crippen molar-refractivity contribution < 1.29 is 13.2 Å². The molecule has 0 unspecified atom stereocenters. The zero-order chi connectivity index (χ0) is 15.5. The molecule has 7 heteroatoms. The second-order valence-electron chi connectivity index (χ2n) is 4.50. The monoisotopic (exact) mass is 305 g/mol. The van der Waals surface area contributed by atoms with Crippen molar-refractivity contribution in [1.82, 2.24) is 0 Å². The number of amides is 1. The van der Waals surface area contributed by atoms with Crippen molar-refractivity contribution in [3.05, 3.63) is 54.1 Å². The Hall–Kier alpha value is -2.54. The lowest BCUT2D eigenvalue weighted by atomic mass is 10.1. The van der Waals surface area contributed by atoms with E-state index in [0.29, 0.717) is 11.4 Å². The molecule has 0 saturated heterocycles. The molecule has 21 heavy (non-hydrogen) atoms. The molecule has 0 bridgehead atoms. The predicted octanol–water partition coefficient (Wildman–Crippen LogP) is 1.89. The maximum atomic E-state index is 12.2. The van der Waals surface area contributed by atoms with Crippen LogP contribution in [0.4, 0.5) is 17.1 Å². The zero-order valence-corrected chi connectivity index (χ0v) is 12.1. The minimum atomic E-state index is -3.46. The van der Waals surface area contributed by atoms with Gasteiger partial charge in [0.15, 0.2) is 0 Å². The first-order valence-corrected chi connectivity index (χ1v) is 7.98. The molecule has 4 N–H and O–H groups in total. The van der Waals surface area contributed by atoms with Crippen LogP contribution < -0.4 is 15.8 Å². The normalized spacial score (nSPS) is 10.9. The van der Waals surface area contributed by atoms with Crippen LogP contribution >= 0.6 is 0 Å². The minimum absolute atomic E-state index is 0.230. The van der Waals surface area contributed by atoms with E-state index in [1.54, 1.807) is 42.5 Å².